The fourth-order valence-corrected chi connectivity index (χ4v) is 3.16. The lowest BCUT2D eigenvalue weighted by atomic mass is 10.1. The van der Waals surface area contributed by atoms with Gasteiger partial charge in [-0.3, -0.25) is 4.79 Å². The summed E-state index contributed by atoms with van der Waals surface area (Å²) in [6.45, 7) is 4.93. The number of ether oxygens (including phenoxy) is 1. The fraction of sp³-hybridized carbons (Fsp3) is 0.263. The molecule has 0 radical (unpaired) electrons. The molecule has 0 unspecified atom stereocenters. The third kappa shape index (κ3) is 5.07. The van der Waals surface area contributed by atoms with Gasteiger partial charge in [0.1, 0.15) is 12.4 Å². The summed E-state index contributed by atoms with van der Waals surface area (Å²) in [4.78, 5) is 12.1. The number of aryl methyl sites for hydroxylation is 1. The second-order valence-corrected chi connectivity index (χ2v) is 6.83. The number of nitrogens with zero attached hydrogens (tertiary/aromatic N) is 4. The predicted octanol–water partition coefficient (Wildman–Crippen LogP) is 2.57. The van der Waals surface area contributed by atoms with Crippen LogP contribution in [0.4, 0.5) is 0 Å². The Labute approximate surface area is 162 Å². The normalized spacial score (nSPS) is 10.6. The summed E-state index contributed by atoms with van der Waals surface area (Å²) >= 11 is 1.30. The number of hydrogen-bond donors (Lipinski definition) is 1. The molecule has 140 valence electrons. The van der Waals surface area contributed by atoms with Crippen LogP contribution in [-0.2, 0) is 4.79 Å². The Hall–Kier alpha value is -2.87. The molecular weight excluding hydrogens is 362 g/mol. The molecule has 0 aliphatic carbocycles. The van der Waals surface area contributed by atoms with Crippen molar-refractivity contribution in [2.75, 3.05) is 18.9 Å². The Balaban J connectivity index is 1.48. The smallest absolute Gasteiger partial charge is 0.230 e. The van der Waals surface area contributed by atoms with E-state index in [1.165, 1.54) is 11.8 Å². The summed E-state index contributed by atoms with van der Waals surface area (Å²) < 4.78 is 7.22. The number of carbonyl (C=O) groups excluding carboxylic acids is 1. The first-order valence-electron chi connectivity index (χ1n) is 8.57. The lowest BCUT2D eigenvalue weighted by molar-refractivity contribution is -0.118. The van der Waals surface area contributed by atoms with E-state index in [9.17, 15) is 4.79 Å². The van der Waals surface area contributed by atoms with Crippen molar-refractivity contribution in [2.45, 2.75) is 19.0 Å². The molecule has 0 aliphatic heterocycles. The molecule has 0 saturated heterocycles. The molecular formula is C19H21N5O2S. The molecule has 0 saturated carbocycles. The Morgan fingerprint density at radius 3 is 2.78 bits per heavy atom. The van der Waals surface area contributed by atoms with Gasteiger partial charge in [-0.2, -0.15) is 4.68 Å². The molecule has 0 spiro atoms. The highest BCUT2D eigenvalue weighted by Crippen LogP contribution is 2.22. The third-order valence-electron chi connectivity index (χ3n) is 4.01. The second kappa shape index (κ2) is 9.18. The average molecular weight is 383 g/mol. The minimum absolute atomic E-state index is 0.0906. The zero-order valence-electron chi connectivity index (χ0n) is 15.3. The van der Waals surface area contributed by atoms with E-state index in [1.54, 1.807) is 4.68 Å². The van der Waals surface area contributed by atoms with Crippen LogP contribution in [0.1, 0.15) is 11.1 Å². The summed E-state index contributed by atoms with van der Waals surface area (Å²) in [5, 5.41) is 15.3. The number of benzene rings is 2. The minimum Gasteiger partial charge on any atom is -0.492 e. The zero-order chi connectivity index (χ0) is 19.1. The van der Waals surface area contributed by atoms with Gasteiger partial charge in [-0.15, -0.1) is 5.10 Å². The highest BCUT2D eigenvalue weighted by atomic mass is 32.2. The third-order valence-corrected chi connectivity index (χ3v) is 4.93. The number of thioether (sulfide) groups is 1. The van der Waals surface area contributed by atoms with Crippen LogP contribution in [0.15, 0.2) is 53.7 Å². The van der Waals surface area contributed by atoms with Crippen molar-refractivity contribution in [3.63, 3.8) is 0 Å². The van der Waals surface area contributed by atoms with Crippen molar-refractivity contribution in [2.24, 2.45) is 0 Å². The summed E-state index contributed by atoms with van der Waals surface area (Å²) in [5.74, 6) is 0.928. The number of tetrazole rings is 1. The Morgan fingerprint density at radius 1 is 1.15 bits per heavy atom. The van der Waals surface area contributed by atoms with E-state index in [0.717, 1.165) is 22.6 Å². The first kappa shape index (κ1) is 18.9. The lowest BCUT2D eigenvalue weighted by Crippen LogP contribution is -2.29. The van der Waals surface area contributed by atoms with Gasteiger partial charge in [0, 0.05) is 0 Å². The molecule has 3 rings (SSSR count). The van der Waals surface area contributed by atoms with Gasteiger partial charge in [0.25, 0.3) is 0 Å². The molecule has 0 bridgehead atoms. The molecule has 1 heterocycles. The molecule has 0 atom stereocenters. The average Bonchev–Trinajstić information content (AvgIpc) is 3.15. The number of aromatic nitrogens is 4. The van der Waals surface area contributed by atoms with E-state index in [1.807, 2.05) is 62.4 Å². The number of rotatable bonds is 8. The van der Waals surface area contributed by atoms with Crippen molar-refractivity contribution >= 4 is 17.7 Å². The van der Waals surface area contributed by atoms with Crippen molar-refractivity contribution < 1.29 is 9.53 Å². The van der Waals surface area contributed by atoms with E-state index < -0.39 is 0 Å². The second-order valence-electron chi connectivity index (χ2n) is 5.89. The van der Waals surface area contributed by atoms with Crippen LogP contribution in [0, 0.1) is 13.8 Å². The Kier molecular flexibility index (Phi) is 6.43. The molecule has 3 aromatic rings. The minimum atomic E-state index is -0.0906. The van der Waals surface area contributed by atoms with Gasteiger partial charge in [-0.05, 0) is 53.6 Å². The molecule has 27 heavy (non-hydrogen) atoms. The van der Waals surface area contributed by atoms with Crippen molar-refractivity contribution in [1.29, 1.82) is 0 Å². The Bertz CT molecular complexity index is 898. The number of nitrogens with one attached hydrogen (secondary N) is 1. The first-order valence-corrected chi connectivity index (χ1v) is 9.56. The van der Waals surface area contributed by atoms with E-state index >= 15 is 0 Å². The van der Waals surface area contributed by atoms with Crippen molar-refractivity contribution in [3.05, 3.63) is 59.7 Å². The van der Waals surface area contributed by atoms with Gasteiger partial charge in [-0.1, -0.05) is 42.1 Å². The highest BCUT2D eigenvalue weighted by molar-refractivity contribution is 7.99. The van der Waals surface area contributed by atoms with Crippen LogP contribution in [0.3, 0.4) is 0 Å². The van der Waals surface area contributed by atoms with E-state index in [0.29, 0.717) is 18.3 Å². The fourth-order valence-electron chi connectivity index (χ4n) is 2.44. The summed E-state index contributed by atoms with van der Waals surface area (Å²) in [6.07, 6.45) is 0. The van der Waals surface area contributed by atoms with Crippen molar-refractivity contribution in [1.82, 2.24) is 25.5 Å². The number of para-hydroxylation sites is 1. The molecule has 7 nitrogen and oxygen atoms in total. The zero-order valence-corrected chi connectivity index (χ0v) is 16.1. The lowest BCUT2D eigenvalue weighted by Gasteiger charge is -2.10. The summed E-state index contributed by atoms with van der Waals surface area (Å²) in [7, 11) is 0. The van der Waals surface area contributed by atoms with Crippen LogP contribution in [0.25, 0.3) is 5.69 Å². The number of amides is 1. The van der Waals surface area contributed by atoms with E-state index in [4.69, 9.17) is 4.74 Å². The van der Waals surface area contributed by atoms with Gasteiger partial charge in [0.05, 0.1) is 18.0 Å². The maximum Gasteiger partial charge on any atom is 0.230 e. The molecule has 2 aromatic carbocycles. The number of carbonyl (C=O) groups is 1. The van der Waals surface area contributed by atoms with Crippen LogP contribution in [0.5, 0.6) is 5.75 Å². The Morgan fingerprint density at radius 2 is 1.96 bits per heavy atom. The molecule has 0 fully saturated rings. The van der Waals surface area contributed by atoms with Gasteiger partial charge in [0.15, 0.2) is 0 Å². The maximum atomic E-state index is 12.1. The van der Waals surface area contributed by atoms with Crippen LogP contribution in [-0.4, -0.2) is 45.0 Å². The van der Waals surface area contributed by atoms with Gasteiger partial charge < -0.3 is 10.1 Å². The molecule has 8 heteroatoms. The molecule has 1 N–H and O–H groups in total. The predicted molar refractivity (Wildman–Crippen MR) is 104 cm³/mol. The highest BCUT2D eigenvalue weighted by Gasteiger charge is 2.13. The van der Waals surface area contributed by atoms with Crippen LogP contribution < -0.4 is 10.1 Å². The SMILES string of the molecule is Cc1cccc(-n2nnnc2SCC(=O)NCCOc2ccccc2)c1C. The van der Waals surface area contributed by atoms with Gasteiger partial charge in [0.2, 0.25) is 11.1 Å². The maximum absolute atomic E-state index is 12.1. The monoisotopic (exact) mass is 383 g/mol. The van der Waals surface area contributed by atoms with E-state index in [2.05, 4.69) is 20.8 Å². The van der Waals surface area contributed by atoms with E-state index in [-0.39, 0.29) is 11.7 Å². The van der Waals surface area contributed by atoms with Crippen molar-refractivity contribution in [3.8, 4) is 11.4 Å². The molecule has 0 aliphatic rings. The standard InChI is InChI=1S/C19H21N5O2S/c1-14-7-6-10-17(15(14)2)24-19(21-22-23-24)27-13-18(25)20-11-12-26-16-8-4-3-5-9-16/h3-10H,11-13H2,1-2H3,(H,20,25). The largest absolute Gasteiger partial charge is 0.492 e. The van der Waals surface area contributed by atoms with Crippen LogP contribution >= 0.6 is 11.8 Å². The van der Waals surface area contributed by atoms with Crippen LogP contribution in [0.2, 0.25) is 0 Å². The molecule has 1 aromatic heterocycles. The van der Waals surface area contributed by atoms with Gasteiger partial charge in [-0.25, -0.2) is 0 Å². The van der Waals surface area contributed by atoms with Gasteiger partial charge >= 0.3 is 0 Å². The topological polar surface area (TPSA) is 81.9 Å². The first-order chi connectivity index (χ1) is 13.1. The number of hydrogen-bond acceptors (Lipinski definition) is 6. The molecule has 1 amide bonds. The quantitative estimate of drug-likeness (QED) is 0.476. The summed E-state index contributed by atoms with van der Waals surface area (Å²) in [6, 6.07) is 15.5. The summed E-state index contributed by atoms with van der Waals surface area (Å²) in [5.41, 5.74) is 3.18.